The Kier molecular flexibility index (Phi) is 4.83. The monoisotopic (exact) mass is 307 g/mol. The number of hydrogen-bond donors (Lipinski definition) is 1. The first-order chi connectivity index (χ1) is 10.5. The van der Waals surface area contributed by atoms with Crippen LogP contribution >= 0.6 is 0 Å². The highest BCUT2D eigenvalue weighted by Crippen LogP contribution is 2.21. The fourth-order valence-corrected chi connectivity index (χ4v) is 1.77. The Morgan fingerprint density at radius 2 is 1.82 bits per heavy atom. The quantitative estimate of drug-likeness (QED) is 0.690. The zero-order valence-corrected chi connectivity index (χ0v) is 11.6. The van der Waals surface area contributed by atoms with Gasteiger partial charge < -0.3 is 10.1 Å². The van der Waals surface area contributed by atoms with Crippen LogP contribution in [0.5, 0.6) is 5.75 Å². The summed E-state index contributed by atoms with van der Waals surface area (Å²) in [7, 11) is 1.49. The van der Waals surface area contributed by atoms with Crippen molar-refractivity contribution in [2.45, 2.75) is 0 Å². The van der Waals surface area contributed by atoms with Crippen molar-refractivity contribution < 1.29 is 22.7 Å². The molecule has 1 amide bonds. The molecule has 6 heteroatoms. The maximum atomic E-state index is 13.4. The van der Waals surface area contributed by atoms with Crippen LogP contribution in [0.2, 0.25) is 0 Å². The number of methoxy groups -OCH3 is 1. The highest BCUT2D eigenvalue weighted by Gasteiger charge is 2.14. The molecule has 1 N–H and O–H groups in total. The summed E-state index contributed by atoms with van der Waals surface area (Å²) in [6.07, 6.45) is 2.60. The topological polar surface area (TPSA) is 38.3 Å². The average Bonchev–Trinajstić information content (AvgIpc) is 2.53. The molecule has 0 fully saturated rings. The van der Waals surface area contributed by atoms with Gasteiger partial charge in [-0.1, -0.05) is 18.2 Å². The molecule has 0 aliphatic rings. The molecule has 0 spiro atoms. The molecule has 2 aromatic carbocycles. The first kappa shape index (κ1) is 15.6. The number of para-hydroxylation sites is 1. The zero-order valence-electron chi connectivity index (χ0n) is 11.6. The lowest BCUT2D eigenvalue weighted by molar-refractivity contribution is -0.111. The van der Waals surface area contributed by atoms with Gasteiger partial charge in [-0.2, -0.15) is 0 Å². The zero-order chi connectivity index (χ0) is 16.1. The SMILES string of the molecule is COc1ccccc1C=CC(=O)Nc1ccc(F)c(F)c1F. The minimum Gasteiger partial charge on any atom is -0.496 e. The molecule has 0 heterocycles. The average molecular weight is 307 g/mol. The lowest BCUT2D eigenvalue weighted by atomic mass is 10.2. The van der Waals surface area contributed by atoms with Crippen molar-refractivity contribution in [2.24, 2.45) is 0 Å². The molecule has 2 aromatic rings. The molecule has 114 valence electrons. The fraction of sp³-hybridized carbons (Fsp3) is 0.0625. The number of halogens is 3. The normalized spacial score (nSPS) is 10.7. The predicted octanol–water partition coefficient (Wildman–Crippen LogP) is 3.76. The maximum absolute atomic E-state index is 13.4. The maximum Gasteiger partial charge on any atom is 0.248 e. The largest absolute Gasteiger partial charge is 0.496 e. The fourth-order valence-electron chi connectivity index (χ4n) is 1.77. The molecule has 3 nitrogen and oxygen atoms in total. The third kappa shape index (κ3) is 3.46. The molecule has 0 saturated heterocycles. The van der Waals surface area contributed by atoms with Crippen LogP contribution in [0.15, 0.2) is 42.5 Å². The molecule has 0 aliphatic heterocycles. The van der Waals surface area contributed by atoms with E-state index in [-0.39, 0.29) is 0 Å². The van der Waals surface area contributed by atoms with Gasteiger partial charge in [0.25, 0.3) is 0 Å². The summed E-state index contributed by atoms with van der Waals surface area (Å²) in [4.78, 5) is 11.7. The number of benzene rings is 2. The van der Waals surface area contributed by atoms with E-state index in [2.05, 4.69) is 5.32 Å². The number of ether oxygens (including phenoxy) is 1. The number of anilines is 1. The molecule has 0 aliphatic carbocycles. The molecule has 0 bridgehead atoms. The number of hydrogen-bond acceptors (Lipinski definition) is 2. The van der Waals surface area contributed by atoms with Crippen LogP contribution < -0.4 is 10.1 Å². The van der Waals surface area contributed by atoms with Gasteiger partial charge in [0.1, 0.15) is 5.75 Å². The van der Waals surface area contributed by atoms with E-state index in [0.29, 0.717) is 11.3 Å². The van der Waals surface area contributed by atoms with Crippen LogP contribution in [0.3, 0.4) is 0 Å². The Labute approximate surface area is 125 Å². The molecule has 0 aromatic heterocycles. The molecule has 0 atom stereocenters. The highest BCUT2D eigenvalue weighted by molar-refractivity contribution is 6.02. The van der Waals surface area contributed by atoms with Crippen molar-refractivity contribution in [1.29, 1.82) is 0 Å². The summed E-state index contributed by atoms with van der Waals surface area (Å²) in [6.45, 7) is 0. The van der Waals surface area contributed by atoms with Gasteiger partial charge in [0, 0.05) is 11.6 Å². The predicted molar refractivity (Wildman–Crippen MR) is 77.0 cm³/mol. The summed E-state index contributed by atoms with van der Waals surface area (Å²) in [5.41, 5.74) is 0.208. The number of amides is 1. The van der Waals surface area contributed by atoms with Crippen LogP contribution in [0.1, 0.15) is 5.56 Å². The van der Waals surface area contributed by atoms with E-state index in [1.807, 2.05) is 0 Å². The van der Waals surface area contributed by atoms with Crippen molar-refractivity contribution in [3.8, 4) is 5.75 Å². The summed E-state index contributed by atoms with van der Waals surface area (Å²) in [5.74, 6) is -4.52. The van der Waals surface area contributed by atoms with Crippen LogP contribution in [-0.2, 0) is 4.79 Å². The van der Waals surface area contributed by atoms with E-state index in [1.165, 1.54) is 13.2 Å². The minimum absolute atomic E-state index is 0.437. The smallest absolute Gasteiger partial charge is 0.248 e. The van der Waals surface area contributed by atoms with E-state index in [9.17, 15) is 18.0 Å². The lowest BCUT2D eigenvalue weighted by Crippen LogP contribution is -2.10. The molecule has 0 unspecified atom stereocenters. The second-order valence-electron chi connectivity index (χ2n) is 4.29. The van der Waals surface area contributed by atoms with Gasteiger partial charge in [0.2, 0.25) is 5.91 Å². The van der Waals surface area contributed by atoms with Gasteiger partial charge >= 0.3 is 0 Å². The Hall–Kier alpha value is -2.76. The number of rotatable bonds is 4. The molecule has 0 saturated carbocycles. The molecule has 22 heavy (non-hydrogen) atoms. The molecule has 0 radical (unpaired) electrons. The van der Waals surface area contributed by atoms with Gasteiger partial charge in [-0.15, -0.1) is 0 Å². The van der Waals surface area contributed by atoms with E-state index in [0.717, 1.165) is 18.2 Å². The summed E-state index contributed by atoms with van der Waals surface area (Å²) in [5, 5.41) is 2.14. The summed E-state index contributed by atoms with van der Waals surface area (Å²) in [6, 6.07) is 8.65. The van der Waals surface area contributed by atoms with Crippen LogP contribution in [0.4, 0.5) is 18.9 Å². The lowest BCUT2D eigenvalue weighted by Gasteiger charge is -2.05. The van der Waals surface area contributed by atoms with Crippen molar-refractivity contribution in [3.05, 3.63) is 65.5 Å². The van der Waals surface area contributed by atoms with Crippen LogP contribution in [0.25, 0.3) is 6.08 Å². The molecule has 2 rings (SSSR count). The third-order valence-electron chi connectivity index (χ3n) is 2.85. The Bertz CT molecular complexity index is 729. The Balaban J connectivity index is 2.14. The number of carbonyl (C=O) groups is 1. The first-order valence-electron chi connectivity index (χ1n) is 6.28. The Morgan fingerprint density at radius 3 is 2.55 bits per heavy atom. The van der Waals surface area contributed by atoms with E-state index >= 15 is 0 Å². The van der Waals surface area contributed by atoms with Crippen molar-refractivity contribution in [2.75, 3.05) is 12.4 Å². The van der Waals surface area contributed by atoms with Gasteiger partial charge in [0.15, 0.2) is 17.5 Å². The number of nitrogens with one attached hydrogen (secondary N) is 1. The van der Waals surface area contributed by atoms with Gasteiger partial charge in [0.05, 0.1) is 12.8 Å². The molecular formula is C16H12F3NO2. The van der Waals surface area contributed by atoms with E-state index in [1.54, 1.807) is 24.3 Å². The minimum atomic E-state index is -1.63. The Morgan fingerprint density at radius 1 is 1.09 bits per heavy atom. The summed E-state index contributed by atoms with van der Waals surface area (Å²) >= 11 is 0. The van der Waals surface area contributed by atoms with Crippen LogP contribution in [0, 0.1) is 17.5 Å². The van der Waals surface area contributed by atoms with Gasteiger partial charge in [-0.25, -0.2) is 13.2 Å². The van der Waals surface area contributed by atoms with Crippen molar-refractivity contribution >= 4 is 17.7 Å². The third-order valence-corrected chi connectivity index (χ3v) is 2.85. The van der Waals surface area contributed by atoms with Crippen LogP contribution in [-0.4, -0.2) is 13.0 Å². The number of carbonyl (C=O) groups excluding carboxylic acids is 1. The summed E-state index contributed by atoms with van der Waals surface area (Å²) < 4.78 is 44.4. The molecular weight excluding hydrogens is 295 g/mol. The second kappa shape index (κ2) is 6.80. The highest BCUT2D eigenvalue weighted by atomic mass is 19.2. The standard InChI is InChI=1S/C16H12F3NO2/c1-22-13-5-3-2-4-10(13)6-9-14(21)20-12-8-7-11(17)15(18)16(12)19/h2-9H,1H3,(H,20,21). The van der Waals surface area contributed by atoms with E-state index in [4.69, 9.17) is 4.74 Å². The van der Waals surface area contributed by atoms with Crippen molar-refractivity contribution in [1.82, 2.24) is 0 Å². The van der Waals surface area contributed by atoms with Gasteiger partial charge in [-0.3, -0.25) is 4.79 Å². The van der Waals surface area contributed by atoms with Gasteiger partial charge in [-0.05, 0) is 24.3 Å². The first-order valence-corrected chi connectivity index (χ1v) is 6.28. The van der Waals surface area contributed by atoms with Crippen molar-refractivity contribution in [3.63, 3.8) is 0 Å². The second-order valence-corrected chi connectivity index (χ2v) is 4.29. The van der Waals surface area contributed by atoms with E-state index < -0.39 is 29.0 Å².